The monoisotopic (exact) mass is 838 g/mol. The molecule has 0 atom stereocenters. The van der Waals surface area contributed by atoms with Crippen molar-refractivity contribution in [3.05, 3.63) is 126 Å². The first-order chi connectivity index (χ1) is 26.0. The Bertz CT molecular complexity index is 2080. The fourth-order valence-electron chi connectivity index (χ4n) is 4.15. The van der Waals surface area contributed by atoms with E-state index in [-0.39, 0.29) is 91.7 Å². The molecule has 4 aromatic carbocycles. The average Bonchev–Trinajstić information content (AvgIpc) is 3.19. The highest BCUT2D eigenvalue weighted by molar-refractivity contribution is 7.99. The summed E-state index contributed by atoms with van der Waals surface area (Å²) in [7, 11) is 2.38. The van der Waals surface area contributed by atoms with Crippen LogP contribution in [0.2, 0.25) is 0 Å². The Hall–Kier alpha value is -6.52. The molecule has 0 fully saturated rings. The minimum Gasteiger partial charge on any atom is -0.465 e. The van der Waals surface area contributed by atoms with Crippen molar-refractivity contribution in [2.24, 2.45) is 0 Å². The second-order valence-corrected chi connectivity index (χ2v) is 11.8. The molecule has 0 spiro atoms. The summed E-state index contributed by atoms with van der Waals surface area (Å²) in [6.45, 7) is 5.84. The number of benzene rings is 4. The zero-order chi connectivity index (χ0) is 39.2. The molecule has 0 aliphatic rings. The fraction of sp³-hybridized carbons (Fsp3) is 0.190. The number of carbonyl (C=O) groups is 6. The lowest BCUT2D eigenvalue weighted by Gasteiger charge is -2.16. The molecule has 58 heavy (non-hydrogen) atoms. The first kappa shape index (κ1) is 51.5. The van der Waals surface area contributed by atoms with E-state index in [9.17, 15) is 28.8 Å². The Kier molecular flexibility index (Phi) is 22.1. The third-order valence-corrected chi connectivity index (χ3v) is 8.20. The van der Waals surface area contributed by atoms with E-state index in [1.807, 2.05) is 0 Å². The lowest BCUT2D eigenvalue weighted by molar-refractivity contribution is -0.145. The van der Waals surface area contributed by atoms with Crippen molar-refractivity contribution in [1.29, 1.82) is 0 Å². The van der Waals surface area contributed by atoms with E-state index in [1.54, 1.807) is 0 Å². The predicted molar refractivity (Wildman–Crippen MR) is 220 cm³/mol. The molecule has 310 valence electrons. The van der Waals surface area contributed by atoms with Crippen LogP contribution in [0.5, 0.6) is 23.0 Å². The highest BCUT2D eigenvalue weighted by Gasteiger charge is 2.23. The molecule has 0 bridgehead atoms. The van der Waals surface area contributed by atoms with Crippen LogP contribution in [0.1, 0.15) is 71.1 Å². The van der Waals surface area contributed by atoms with Crippen molar-refractivity contribution in [1.82, 2.24) is 0 Å². The molecule has 14 nitrogen and oxygen atoms in total. The van der Waals surface area contributed by atoms with Crippen LogP contribution in [0.3, 0.4) is 0 Å². The van der Waals surface area contributed by atoms with E-state index >= 15 is 0 Å². The van der Waals surface area contributed by atoms with Gasteiger partial charge in [-0.3, -0.25) is 0 Å². The van der Waals surface area contributed by atoms with Crippen molar-refractivity contribution in [2.45, 2.75) is 44.4 Å². The first-order valence-corrected chi connectivity index (χ1v) is 16.6. The van der Waals surface area contributed by atoms with Gasteiger partial charge < -0.3 is 37.9 Å². The zero-order valence-electron chi connectivity index (χ0n) is 28.6. The number of rotatable bonds is 16. The van der Waals surface area contributed by atoms with Gasteiger partial charge in [-0.15, -0.1) is 12.6 Å². The fourth-order valence-corrected chi connectivity index (χ4v) is 5.60. The number of ether oxygens (including phenoxy) is 8. The minimum atomic E-state index is -0.816. The Labute approximate surface area is 347 Å². The van der Waals surface area contributed by atoms with Gasteiger partial charge in [0, 0.05) is 17.0 Å². The number of methoxy groups -OCH3 is 2. The number of esters is 6. The molecule has 0 aliphatic carbocycles. The van der Waals surface area contributed by atoms with Crippen molar-refractivity contribution < 1.29 is 66.7 Å². The maximum absolute atomic E-state index is 13.3. The molecule has 0 radical (unpaired) electrons. The van der Waals surface area contributed by atoms with Gasteiger partial charge >= 0.3 is 35.8 Å². The van der Waals surface area contributed by atoms with Gasteiger partial charge in [-0.2, -0.15) is 0 Å². The highest BCUT2D eigenvalue weighted by Crippen LogP contribution is 2.44. The van der Waals surface area contributed by atoms with Crippen molar-refractivity contribution in [3.63, 3.8) is 0 Å². The Morgan fingerprint density at radius 3 is 1.47 bits per heavy atom. The smallest absolute Gasteiger partial charge is 0.343 e. The van der Waals surface area contributed by atoms with Crippen LogP contribution >= 0.6 is 24.4 Å². The second kappa shape index (κ2) is 24.9. The lowest BCUT2D eigenvalue weighted by Crippen LogP contribution is -2.12. The Morgan fingerprint density at radius 2 is 1.00 bits per heavy atom. The summed E-state index contributed by atoms with van der Waals surface area (Å²) in [6.07, 6.45) is 1.97. The minimum absolute atomic E-state index is 0. The van der Waals surface area contributed by atoms with Gasteiger partial charge in [-0.25, -0.2) is 28.8 Å². The van der Waals surface area contributed by atoms with E-state index in [0.29, 0.717) is 11.5 Å². The zero-order valence-corrected chi connectivity index (χ0v) is 30.3. The summed E-state index contributed by atoms with van der Waals surface area (Å²) < 4.78 is 41.4. The van der Waals surface area contributed by atoms with Gasteiger partial charge in [0.15, 0.2) is 5.75 Å². The highest BCUT2D eigenvalue weighted by atomic mass is 32.2. The molecule has 4 rings (SSSR count). The standard InChI is InChI=1S/C38H30O14S2.4CH4/c1-5-32(39)49-20-47-26-12-7-22(8-13-26)37(43)51-28-16-11-24(35(41)45-3)18-30(28)54-31-19-25(36(42)46-4)17-29(53)34(31)52-38(44)23-9-14-27(15-10-23)48-21-50-33(40)6-2;;;;/h5-19,53H,1-2,20-21H2,3-4H3;4*1H4. The van der Waals surface area contributed by atoms with E-state index in [1.165, 1.54) is 93.1 Å². The Morgan fingerprint density at radius 1 is 0.569 bits per heavy atom. The molecule has 0 heterocycles. The molecule has 16 heteroatoms. The van der Waals surface area contributed by atoms with Gasteiger partial charge in [-0.1, -0.05) is 54.6 Å². The summed E-state index contributed by atoms with van der Waals surface area (Å²) in [6, 6.07) is 18.4. The normalized spacial score (nSPS) is 9.50. The largest absolute Gasteiger partial charge is 0.465 e. The summed E-state index contributed by atoms with van der Waals surface area (Å²) in [5, 5.41) is 0. The van der Waals surface area contributed by atoms with E-state index < -0.39 is 35.8 Å². The van der Waals surface area contributed by atoms with Crippen molar-refractivity contribution >= 4 is 60.2 Å². The Balaban J connectivity index is 0.00000812. The summed E-state index contributed by atoms with van der Waals surface area (Å²) in [5.74, 6) is -3.85. The average molecular weight is 839 g/mol. The van der Waals surface area contributed by atoms with Crippen LogP contribution in [-0.2, 0) is 28.5 Å². The van der Waals surface area contributed by atoms with Gasteiger partial charge in [0.25, 0.3) is 0 Å². The first-order valence-electron chi connectivity index (χ1n) is 15.3. The number of carbonyl (C=O) groups excluding carboxylic acids is 6. The quantitative estimate of drug-likeness (QED) is 0.0283. The van der Waals surface area contributed by atoms with Gasteiger partial charge in [0.05, 0.1) is 46.3 Å². The summed E-state index contributed by atoms with van der Waals surface area (Å²) in [5.41, 5.74) is 0.358. The molecular formula is C42H46O14S2. The van der Waals surface area contributed by atoms with Crippen molar-refractivity contribution in [3.8, 4) is 23.0 Å². The maximum atomic E-state index is 13.3. The third-order valence-electron chi connectivity index (χ3n) is 6.81. The predicted octanol–water partition coefficient (Wildman–Crippen LogP) is 8.81. The number of hydrogen-bond acceptors (Lipinski definition) is 16. The van der Waals surface area contributed by atoms with Gasteiger partial charge in [0.2, 0.25) is 13.6 Å². The topological polar surface area (TPSA) is 176 Å². The molecule has 0 amide bonds. The molecule has 4 aromatic rings. The second-order valence-electron chi connectivity index (χ2n) is 10.3. The molecular weight excluding hydrogens is 793 g/mol. The SMILES string of the molecule is C.C.C.C.C=CC(=O)OCOc1ccc(C(=O)Oc2ccc(C(=O)OC)cc2Sc2cc(C(=O)OC)cc(S)c2OC(=O)c2ccc(OCOC(=O)C=C)cc2)cc1. The van der Waals surface area contributed by atoms with Gasteiger partial charge in [-0.05, 0) is 78.9 Å². The van der Waals surface area contributed by atoms with Crippen LogP contribution in [0, 0.1) is 0 Å². The van der Waals surface area contributed by atoms with Gasteiger partial charge in [0.1, 0.15) is 17.2 Å². The van der Waals surface area contributed by atoms with Crippen LogP contribution in [0.25, 0.3) is 0 Å². The van der Waals surface area contributed by atoms with E-state index in [0.717, 1.165) is 23.9 Å². The molecule has 0 aromatic heterocycles. The molecule has 0 N–H and O–H groups in total. The van der Waals surface area contributed by atoms with Crippen LogP contribution in [0.15, 0.2) is 119 Å². The molecule has 0 aliphatic heterocycles. The lowest BCUT2D eigenvalue weighted by atomic mass is 10.2. The third kappa shape index (κ3) is 14.2. The van der Waals surface area contributed by atoms with Crippen LogP contribution < -0.4 is 18.9 Å². The maximum Gasteiger partial charge on any atom is 0.343 e. The number of thiol groups is 1. The number of hydrogen-bond donors (Lipinski definition) is 1. The molecule has 0 unspecified atom stereocenters. The van der Waals surface area contributed by atoms with E-state index in [2.05, 4.69) is 25.8 Å². The van der Waals surface area contributed by atoms with Crippen LogP contribution in [0.4, 0.5) is 0 Å². The molecule has 0 saturated carbocycles. The summed E-state index contributed by atoms with van der Waals surface area (Å²) >= 11 is 5.37. The molecule has 0 saturated heterocycles. The summed E-state index contributed by atoms with van der Waals surface area (Å²) in [4.78, 5) is 74.5. The van der Waals surface area contributed by atoms with E-state index in [4.69, 9.17) is 37.9 Å². The van der Waals surface area contributed by atoms with Crippen LogP contribution in [-0.4, -0.2) is 63.6 Å². The van der Waals surface area contributed by atoms with Crippen molar-refractivity contribution in [2.75, 3.05) is 27.8 Å².